The summed E-state index contributed by atoms with van der Waals surface area (Å²) in [6, 6.07) is 13.6. The highest BCUT2D eigenvalue weighted by molar-refractivity contribution is 7.92. The van der Waals surface area contributed by atoms with E-state index in [-0.39, 0.29) is 28.4 Å². The monoisotopic (exact) mass is 528 g/mol. The highest BCUT2D eigenvalue weighted by Gasteiger charge is 2.45. The molecule has 0 spiro atoms. The highest BCUT2D eigenvalue weighted by atomic mass is 32.2. The second kappa shape index (κ2) is 11.4. The average Bonchev–Trinajstić information content (AvgIpc) is 2.86. The van der Waals surface area contributed by atoms with Gasteiger partial charge in [-0.3, -0.25) is 4.79 Å². The summed E-state index contributed by atoms with van der Waals surface area (Å²) in [5, 5.41) is 11.4. The maximum absolute atomic E-state index is 15.3. The van der Waals surface area contributed by atoms with Gasteiger partial charge in [-0.25, -0.2) is 22.8 Å². The van der Waals surface area contributed by atoms with Crippen molar-refractivity contribution in [1.29, 1.82) is 0 Å². The van der Waals surface area contributed by atoms with Gasteiger partial charge in [0.2, 0.25) is 9.84 Å². The van der Waals surface area contributed by atoms with Crippen LogP contribution in [-0.2, 0) is 31.3 Å². The fourth-order valence-corrected chi connectivity index (χ4v) is 5.80. The number of halogens is 1. The Bertz CT molecular complexity index is 1350. The van der Waals surface area contributed by atoms with Crippen molar-refractivity contribution in [3.05, 3.63) is 83.4 Å². The molecule has 0 aliphatic rings. The second-order valence-electron chi connectivity index (χ2n) is 9.69. The van der Waals surface area contributed by atoms with Crippen molar-refractivity contribution in [3.8, 4) is 0 Å². The smallest absolute Gasteiger partial charge is 0.322 e. The van der Waals surface area contributed by atoms with Crippen molar-refractivity contribution >= 4 is 21.6 Å². The van der Waals surface area contributed by atoms with E-state index in [1.54, 1.807) is 18.2 Å². The van der Waals surface area contributed by atoms with Gasteiger partial charge in [0.15, 0.2) is 9.90 Å². The summed E-state index contributed by atoms with van der Waals surface area (Å²) >= 11 is 0. The van der Waals surface area contributed by atoms with Crippen molar-refractivity contribution < 1.29 is 22.7 Å². The molecule has 3 rings (SSSR count). The molecule has 1 aromatic carbocycles. The Morgan fingerprint density at radius 3 is 2.51 bits per heavy atom. The summed E-state index contributed by atoms with van der Waals surface area (Å²) in [5.74, 6) is -1.39. The first kappa shape index (κ1) is 28.2. The van der Waals surface area contributed by atoms with E-state index in [0.717, 1.165) is 19.3 Å². The summed E-state index contributed by atoms with van der Waals surface area (Å²) in [5.41, 5.74) is 7.19. The van der Waals surface area contributed by atoms with Crippen LogP contribution in [0, 0.1) is 5.82 Å². The van der Waals surface area contributed by atoms with Crippen LogP contribution >= 0.6 is 0 Å². The lowest BCUT2D eigenvalue weighted by molar-refractivity contribution is -0.134. The first-order valence-corrected chi connectivity index (χ1v) is 13.6. The van der Waals surface area contributed by atoms with Crippen molar-refractivity contribution in [2.24, 2.45) is 5.73 Å². The van der Waals surface area contributed by atoms with Crippen molar-refractivity contribution in [2.75, 3.05) is 11.9 Å². The fourth-order valence-electron chi connectivity index (χ4n) is 4.22. The van der Waals surface area contributed by atoms with E-state index in [4.69, 9.17) is 10.8 Å². The zero-order chi connectivity index (χ0) is 27.3. The standard InChI is InChI=1S/C27H33FN4O4S/c1-4-5-14-26(2,3)20-13-12-19(16-21(20)28)17-27(29,37(35,36)24-11-6-7-15-30-24)22-9-8-10-23(32-22)31-18-25(33)34/h6-13,15-16H,4-5,14,17-18,29H2,1-3H3,(H,31,32)(H,33,34). The van der Waals surface area contributed by atoms with Crippen LogP contribution in [0.1, 0.15) is 56.9 Å². The molecule has 8 nitrogen and oxygen atoms in total. The number of benzene rings is 1. The number of hydrogen-bond acceptors (Lipinski definition) is 7. The number of carboxylic acid groups (broad SMARTS) is 1. The van der Waals surface area contributed by atoms with Gasteiger partial charge < -0.3 is 16.2 Å². The lowest BCUT2D eigenvalue weighted by Crippen LogP contribution is -2.48. The Hall–Kier alpha value is -3.37. The molecule has 0 amide bonds. The largest absolute Gasteiger partial charge is 0.480 e. The first-order valence-electron chi connectivity index (χ1n) is 12.1. The van der Waals surface area contributed by atoms with Crippen molar-refractivity contribution in [3.63, 3.8) is 0 Å². The molecule has 37 heavy (non-hydrogen) atoms. The van der Waals surface area contributed by atoms with Crippen LogP contribution in [0.5, 0.6) is 0 Å². The fraction of sp³-hybridized carbons (Fsp3) is 0.370. The third kappa shape index (κ3) is 6.31. The lowest BCUT2D eigenvalue weighted by atomic mass is 9.79. The maximum Gasteiger partial charge on any atom is 0.322 e. The zero-order valence-electron chi connectivity index (χ0n) is 21.2. The predicted molar refractivity (Wildman–Crippen MR) is 140 cm³/mol. The van der Waals surface area contributed by atoms with Gasteiger partial charge in [0, 0.05) is 12.6 Å². The van der Waals surface area contributed by atoms with Gasteiger partial charge in [-0.05, 0) is 53.3 Å². The molecule has 1 atom stereocenters. The number of carboxylic acids is 1. The SMILES string of the molecule is CCCCC(C)(C)c1ccc(CC(N)(c2cccc(NCC(=O)O)n2)S(=O)(=O)c2ccccn2)cc1F. The summed E-state index contributed by atoms with van der Waals surface area (Å²) in [6.45, 7) is 5.64. The molecule has 3 aromatic rings. The lowest BCUT2D eigenvalue weighted by Gasteiger charge is -2.30. The van der Waals surface area contributed by atoms with Gasteiger partial charge in [-0.15, -0.1) is 0 Å². The minimum Gasteiger partial charge on any atom is -0.480 e. The van der Waals surface area contributed by atoms with Gasteiger partial charge in [0.1, 0.15) is 18.2 Å². The molecule has 10 heteroatoms. The van der Waals surface area contributed by atoms with Gasteiger partial charge >= 0.3 is 5.97 Å². The molecular formula is C27H33FN4O4S. The number of nitrogens with two attached hydrogens (primary N) is 1. The molecule has 0 bridgehead atoms. The van der Waals surface area contributed by atoms with Crippen molar-refractivity contribution in [2.45, 2.75) is 61.8 Å². The van der Waals surface area contributed by atoms with Crippen LogP contribution < -0.4 is 11.1 Å². The molecule has 2 heterocycles. The van der Waals surface area contributed by atoms with Crippen LogP contribution in [0.4, 0.5) is 10.2 Å². The number of anilines is 1. The van der Waals surface area contributed by atoms with Gasteiger partial charge in [0.05, 0.1) is 5.69 Å². The number of hydrogen-bond donors (Lipinski definition) is 3. The number of unbranched alkanes of at least 4 members (excludes halogenated alkanes) is 1. The number of sulfone groups is 1. The summed E-state index contributed by atoms with van der Waals surface area (Å²) < 4.78 is 43.0. The van der Waals surface area contributed by atoms with E-state index in [0.29, 0.717) is 11.1 Å². The number of aliphatic carboxylic acids is 1. The van der Waals surface area contributed by atoms with Crippen LogP contribution in [0.25, 0.3) is 0 Å². The van der Waals surface area contributed by atoms with E-state index < -0.39 is 33.0 Å². The third-order valence-electron chi connectivity index (χ3n) is 6.38. The Labute approximate surface area is 217 Å². The molecule has 0 aliphatic carbocycles. The Morgan fingerprint density at radius 1 is 1.14 bits per heavy atom. The minimum absolute atomic E-state index is 0.0266. The van der Waals surface area contributed by atoms with Crippen LogP contribution in [0.2, 0.25) is 0 Å². The number of nitrogens with one attached hydrogen (secondary N) is 1. The van der Waals surface area contributed by atoms with E-state index in [9.17, 15) is 13.2 Å². The molecule has 0 saturated carbocycles. The van der Waals surface area contributed by atoms with Gasteiger partial charge in [0.25, 0.3) is 0 Å². The van der Waals surface area contributed by atoms with E-state index in [1.165, 1.54) is 42.6 Å². The highest BCUT2D eigenvalue weighted by Crippen LogP contribution is 2.35. The zero-order valence-corrected chi connectivity index (χ0v) is 22.1. The van der Waals surface area contributed by atoms with Crippen LogP contribution in [-0.4, -0.2) is 36.0 Å². The topological polar surface area (TPSA) is 135 Å². The van der Waals surface area contributed by atoms with E-state index in [1.807, 2.05) is 13.8 Å². The minimum atomic E-state index is -4.33. The van der Waals surface area contributed by atoms with Gasteiger partial charge in [-0.1, -0.05) is 57.9 Å². The summed E-state index contributed by atoms with van der Waals surface area (Å²) in [6.07, 6.45) is 3.83. The normalized spacial score (nSPS) is 13.6. The number of pyridine rings is 2. The van der Waals surface area contributed by atoms with Crippen LogP contribution in [0.15, 0.2) is 65.8 Å². The molecule has 0 radical (unpaired) electrons. The molecular weight excluding hydrogens is 495 g/mol. The van der Waals surface area contributed by atoms with E-state index in [2.05, 4.69) is 22.2 Å². The molecule has 2 aromatic heterocycles. The Balaban J connectivity index is 2.08. The Morgan fingerprint density at radius 2 is 1.89 bits per heavy atom. The average molecular weight is 529 g/mol. The molecule has 1 unspecified atom stereocenters. The summed E-state index contributed by atoms with van der Waals surface area (Å²) in [4.78, 5) is 17.2. The van der Waals surface area contributed by atoms with Crippen molar-refractivity contribution in [1.82, 2.24) is 9.97 Å². The number of aromatic nitrogens is 2. The molecule has 198 valence electrons. The van der Waals surface area contributed by atoms with E-state index >= 15 is 4.39 Å². The van der Waals surface area contributed by atoms with Crippen LogP contribution in [0.3, 0.4) is 0 Å². The molecule has 0 saturated heterocycles. The quantitative estimate of drug-likeness (QED) is 0.315. The first-order chi connectivity index (χ1) is 17.4. The predicted octanol–water partition coefficient (Wildman–Crippen LogP) is 4.41. The maximum atomic E-state index is 15.3. The second-order valence-corrected chi connectivity index (χ2v) is 11.8. The third-order valence-corrected chi connectivity index (χ3v) is 8.49. The molecule has 4 N–H and O–H groups in total. The Kier molecular flexibility index (Phi) is 8.65. The summed E-state index contributed by atoms with van der Waals surface area (Å²) in [7, 11) is -4.33. The number of rotatable bonds is 12. The number of carbonyl (C=O) groups is 1. The molecule has 0 fully saturated rings. The van der Waals surface area contributed by atoms with Gasteiger partial charge in [-0.2, -0.15) is 0 Å². The molecule has 0 aliphatic heterocycles. The number of nitrogens with zero attached hydrogens (tertiary/aromatic N) is 2.